The van der Waals surface area contributed by atoms with Crippen LogP contribution in [0.1, 0.15) is 33.7 Å². The fraction of sp³-hybridized carbons (Fsp3) is 0.333. The van der Waals surface area contributed by atoms with Crippen molar-refractivity contribution >= 4 is 40.7 Å². The van der Waals surface area contributed by atoms with Crippen molar-refractivity contribution < 1.29 is 9.59 Å². The number of nitrogens with zero attached hydrogens (tertiary/aromatic N) is 2. The smallest absolute Gasteiger partial charge is 0.274 e. The van der Waals surface area contributed by atoms with E-state index in [1.54, 1.807) is 0 Å². The van der Waals surface area contributed by atoms with Crippen molar-refractivity contribution in [2.24, 2.45) is 0 Å². The molecule has 0 atom stereocenters. The maximum Gasteiger partial charge on any atom is 0.274 e. The molecule has 132 valence electrons. The number of anilines is 1. The average molecular weight is 383 g/mol. The van der Waals surface area contributed by atoms with Crippen LogP contribution in [0.5, 0.6) is 0 Å². The summed E-state index contributed by atoms with van der Waals surface area (Å²) in [5, 5.41) is 15.5. The Morgan fingerprint density at radius 2 is 1.80 bits per heavy atom. The van der Waals surface area contributed by atoms with Gasteiger partial charge in [-0.15, -0.1) is 0 Å². The zero-order valence-electron chi connectivity index (χ0n) is 13.1. The maximum absolute atomic E-state index is 12.4. The summed E-state index contributed by atoms with van der Waals surface area (Å²) in [5.74, 6) is -0.898. The van der Waals surface area contributed by atoms with Crippen molar-refractivity contribution in [1.29, 1.82) is 0 Å². The molecule has 3 heterocycles. The highest BCUT2D eigenvalue weighted by Crippen LogP contribution is 2.24. The van der Waals surface area contributed by atoms with Gasteiger partial charge in [0.15, 0.2) is 5.69 Å². The summed E-state index contributed by atoms with van der Waals surface area (Å²) in [6.07, 6.45) is 5.77. The SMILES string of the molecule is O=C(NC1CCNCC1)c1n[nH]cc1NC(=O)c1c(Cl)cncc1Cl. The lowest BCUT2D eigenvalue weighted by Gasteiger charge is -2.23. The summed E-state index contributed by atoms with van der Waals surface area (Å²) in [6, 6.07) is 0.0816. The van der Waals surface area contributed by atoms with Crippen LogP contribution in [0.4, 0.5) is 5.69 Å². The molecule has 0 bridgehead atoms. The second-order valence-electron chi connectivity index (χ2n) is 5.58. The molecule has 2 amide bonds. The Bertz CT molecular complexity index is 768. The summed E-state index contributed by atoms with van der Waals surface area (Å²) in [7, 11) is 0. The molecule has 1 aliphatic rings. The normalized spacial score (nSPS) is 15.0. The summed E-state index contributed by atoms with van der Waals surface area (Å²) in [4.78, 5) is 28.7. The van der Waals surface area contributed by atoms with Gasteiger partial charge in [0.05, 0.1) is 21.3 Å². The Balaban J connectivity index is 1.73. The number of piperidine rings is 1. The van der Waals surface area contributed by atoms with Crippen LogP contribution in [-0.2, 0) is 0 Å². The van der Waals surface area contributed by atoms with Gasteiger partial charge in [-0.2, -0.15) is 5.10 Å². The van der Waals surface area contributed by atoms with Crippen molar-refractivity contribution in [1.82, 2.24) is 25.8 Å². The van der Waals surface area contributed by atoms with Crippen LogP contribution >= 0.6 is 23.2 Å². The summed E-state index contributed by atoms with van der Waals surface area (Å²) in [6.45, 7) is 1.71. The number of rotatable bonds is 4. The van der Waals surface area contributed by atoms with Gasteiger partial charge < -0.3 is 16.0 Å². The van der Waals surface area contributed by atoms with E-state index < -0.39 is 5.91 Å². The summed E-state index contributed by atoms with van der Waals surface area (Å²) in [5.41, 5.74) is 0.442. The standard InChI is InChI=1S/C15H16Cl2N6O2/c16-9-5-19-6-10(17)12(9)14(24)22-11-7-20-23-13(11)15(25)21-8-1-3-18-4-2-8/h5-8,18H,1-4H2,(H,20,23)(H,21,25)(H,22,24). The molecule has 2 aromatic rings. The second kappa shape index (κ2) is 7.81. The monoisotopic (exact) mass is 382 g/mol. The highest BCUT2D eigenvalue weighted by molar-refractivity contribution is 6.40. The van der Waals surface area contributed by atoms with E-state index in [1.165, 1.54) is 18.6 Å². The minimum atomic E-state index is -0.547. The van der Waals surface area contributed by atoms with Crippen molar-refractivity contribution in [2.75, 3.05) is 18.4 Å². The molecule has 0 aliphatic carbocycles. The molecular weight excluding hydrogens is 367 g/mol. The molecule has 0 unspecified atom stereocenters. The zero-order chi connectivity index (χ0) is 17.8. The lowest BCUT2D eigenvalue weighted by atomic mass is 10.1. The first-order valence-electron chi connectivity index (χ1n) is 7.72. The first-order valence-corrected chi connectivity index (χ1v) is 8.47. The van der Waals surface area contributed by atoms with Crippen LogP contribution in [0.3, 0.4) is 0 Å². The van der Waals surface area contributed by atoms with E-state index >= 15 is 0 Å². The average Bonchev–Trinajstić information content (AvgIpc) is 3.04. The predicted octanol–water partition coefficient (Wildman–Crippen LogP) is 1.85. The number of carbonyl (C=O) groups excluding carboxylic acids is 2. The van der Waals surface area contributed by atoms with Gasteiger partial charge in [-0.3, -0.25) is 19.7 Å². The number of amides is 2. The third kappa shape index (κ3) is 4.09. The molecule has 0 radical (unpaired) electrons. The van der Waals surface area contributed by atoms with Crippen LogP contribution in [0, 0.1) is 0 Å². The van der Waals surface area contributed by atoms with Crippen molar-refractivity contribution in [2.45, 2.75) is 18.9 Å². The van der Waals surface area contributed by atoms with Crippen molar-refractivity contribution in [3.8, 4) is 0 Å². The molecular formula is C15H16Cl2N6O2. The lowest BCUT2D eigenvalue weighted by Crippen LogP contribution is -2.43. The van der Waals surface area contributed by atoms with Gasteiger partial charge in [-0.1, -0.05) is 23.2 Å². The lowest BCUT2D eigenvalue weighted by molar-refractivity contribution is 0.0925. The van der Waals surface area contributed by atoms with Crippen LogP contribution in [-0.4, -0.2) is 46.1 Å². The zero-order valence-corrected chi connectivity index (χ0v) is 14.6. The third-order valence-corrected chi connectivity index (χ3v) is 4.43. The number of aromatic amines is 1. The van der Waals surface area contributed by atoms with Crippen LogP contribution < -0.4 is 16.0 Å². The van der Waals surface area contributed by atoms with Crippen LogP contribution in [0.15, 0.2) is 18.6 Å². The second-order valence-corrected chi connectivity index (χ2v) is 6.39. The molecule has 10 heteroatoms. The number of pyridine rings is 1. The number of halogens is 2. The number of hydrogen-bond donors (Lipinski definition) is 4. The Morgan fingerprint density at radius 3 is 2.48 bits per heavy atom. The number of hydrogen-bond acceptors (Lipinski definition) is 5. The minimum absolute atomic E-state index is 0.0816. The minimum Gasteiger partial charge on any atom is -0.348 e. The van der Waals surface area contributed by atoms with Gasteiger partial charge >= 0.3 is 0 Å². The van der Waals surface area contributed by atoms with E-state index in [9.17, 15) is 9.59 Å². The molecule has 0 spiro atoms. The highest BCUT2D eigenvalue weighted by atomic mass is 35.5. The largest absolute Gasteiger partial charge is 0.348 e. The molecule has 1 aliphatic heterocycles. The first kappa shape index (κ1) is 17.7. The highest BCUT2D eigenvalue weighted by Gasteiger charge is 2.23. The Kier molecular flexibility index (Phi) is 5.52. The van der Waals surface area contributed by atoms with Crippen LogP contribution in [0.25, 0.3) is 0 Å². The van der Waals surface area contributed by atoms with Crippen molar-refractivity contribution in [3.63, 3.8) is 0 Å². The number of nitrogens with one attached hydrogen (secondary N) is 4. The van der Waals surface area contributed by atoms with Gasteiger partial charge in [0.25, 0.3) is 11.8 Å². The summed E-state index contributed by atoms with van der Waals surface area (Å²) < 4.78 is 0. The van der Waals surface area contributed by atoms with E-state index in [-0.39, 0.29) is 38.9 Å². The predicted molar refractivity (Wildman–Crippen MR) is 94.2 cm³/mol. The van der Waals surface area contributed by atoms with E-state index in [2.05, 4.69) is 31.1 Å². The molecule has 0 saturated carbocycles. The maximum atomic E-state index is 12.4. The van der Waals surface area contributed by atoms with E-state index in [0.29, 0.717) is 0 Å². The molecule has 1 fully saturated rings. The Morgan fingerprint density at radius 1 is 1.12 bits per heavy atom. The fourth-order valence-electron chi connectivity index (χ4n) is 2.59. The van der Waals surface area contributed by atoms with Crippen LogP contribution in [0.2, 0.25) is 10.0 Å². The molecule has 2 aromatic heterocycles. The Hall–Kier alpha value is -2.16. The number of carbonyl (C=O) groups is 2. The van der Waals surface area contributed by atoms with E-state index in [4.69, 9.17) is 23.2 Å². The van der Waals surface area contributed by atoms with Gasteiger partial charge in [0.2, 0.25) is 0 Å². The number of H-pyrrole nitrogens is 1. The Labute approximate surface area is 153 Å². The molecule has 0 aromatic carbocycles. The third-order valence-electron chi connectivity index (χ3n) is 3.86. The van der Waals surface area contributed by atoms with E-state index in [0.717, 1.165) is 25.9 Å². The quantitative estimate of drug-likeness (QED) is 0.644. The molecule has 1 saturated heterocycles. The van der Waals surface area contributed by atoms with Crippen molar-refractivity contribution in [3.05, 3.63) is 39.9 Å². The van der Waals surface area contributed by atoms with Gasteiger partial charge in [0, 0.05) is 24.6 Å². The van der Waals surface area contributed by atoms with Gasteiger partial charge in [-0.25, -0.2) is 0 Å². The molecule has 3 rings (SSSR count). The first-order chi connectivity index (χ1) is 12.1. The fourth-order valence-corrected chi connectivity index (χ4v) is 3.13. The molecule has 8 nitrogen and oxygen atoms in total. The van der Waals surface area contributed by atoms with E-state index in [1.807, 2.05) is 0 Å². The topological polar surface area (TPSA) is 112 Å². The molecule has 4 N–H and O–H groups in total. The molecule has 25 heavy (non-hydrogen) atoms. The van der Waals surface area contributed by atoms with Gasteiger partial charge in [-0.05, 0) is 25.9 Å². The van der Waals surface area contributed by atoms with Gasteiger partial charge in [0.1, 0.15) is 0 Å². The summed E-state index contributed by atoms with van der Waals surface area (Å²) >= 11 is 12.0. The number of aromatic nitrogens is 3.